The molecular formula is C19H20N6O3S2. The van der Waals surface area contributed by atoms with E-state index in [2.05, 4.69) is 15.2 Å². The van der Waals surface area contributed by atoms with Crippen molar-refractivity contribution in [1.82, 2.24) is 15.0 Å². The molecule has 0 amide bonds. The predicted molar refractivity (Wildman–Crippen MR) is 115 cm³/mol. The number of hydrogen-bond acceptors (Lipinski definition) is 9. The molecule has 0 spiro atoms. The lowest BCUT2D eigenvalue weighted by Crippen LogP contribution is -2.36. The summed E-state index contributed by atoms with van der Waals surface area (Å²) in [6.45, 7) is 3.12. The molecule has 2 aromatic heterocycles. The monoisotopic (exact) mass is 444 g/mol. The lowest BCUT2D eigenvalue weighted by molar-refractivity contribution is 0.122. The quantitative estimate of drug-likeness (QED) is 0.626. The predicted octanol–water partition coefficient (Wildman–Crippen LogP) is 1.93. The SMILES string of the molecule is NS(=O)(=O)c1cccc(Nc2ncc3c(n2)-c2sc(N4CCOCC4)nc2CC3)c1. The van der Waals surface area contributed by atoms with Gasteiger partial charge in [0, 0.05) is 25.0 Å². The number of aromatic nitrogens is 3. The van der Waals surface area contributed by atoms with Crippen molar-refractivity contribution in [3.63, 3.8) is 0 Å². The van der Waals surface area contributed by atoms with Crippen LogP contribution in [0.2, 0.25) is 0 Å². The number of nitrogens with two attached hydrogens (primary N) is 1. The van der Waals surface area contributed by atoms with Crippen LogP contribution in [-0.4, -0.2) is 49.7 Å². The van der Waals surface area contributed by atoms with Crippen LogP contribution in [0.3, 0.4) is 0 Å². The first-order valence-corrected chi connectivity index (χ1v) is 11.9. The van der Waals surface area contributed by atoms with Gasteiger partial charge in [-0.25, -0.2) is 28.5 Å². The van der Waals surface area contributed by atoms with Crippen molar-refractivity contribution >= 4 is 38.1 Å². The van der Waals surface area contributed by atoms with Gasteiger partial charge in [0.2, 0.25) is 16.0 Å². The molecule has 9 nitrogen and oxygen atoms in total. The number of sulfonamides is 1. The molecule has 2 aliphatic rings. The Bertz CT molecular complexity index is 1200. The molecule has 0 radical (unpaired) electrons. The minimum Gasteiger partial charge on any atom is -0.378 e. The second kappa shape index (κ2) is 7.58. The maximum Gasteiger partial charge on any atom is 0.238 e. The highest BCUT2D eigenvalue weighted by Gasteiger charge is 2.25. The molecule has 3 heterocycles. The highest BCUT2D eigenvalue weighted by molar-refractivity contribution is 7.89. The van der Waals surface area contributed by atoms with Crippen LogP contribution < -0.4 is 15.4 Å². The first kappa shape index (κ1) is 19.4. The van der Waals surface area contributed by atoms with Gasteiger partial charge in [-0.15, -0.1) is 0 Å². The highest BCUT2D eigenvalue weighted by atomic mass is 32.2. The average Bonchev–Trinajstić information content (AvgIpc) is 3.19. The topological polar surface area (TPSA) is 123 Å². The lowest BCUT2D eigenvalue weighted by Gasteiger charge is -2.26. The Labute approximate surface area is 178 Å². The summed E-state index contributed by atoms with van der Waals surface area (Å²) in [4.78, 5) is 17.3. The summed E-state index contributed by atoms with van der Waals surface area (Å²) in [5.41, 5.74) is 3.59. The molecule has 0 saturated carbocycles. The molecule has 0 bridgehead atoms. The smallest absolute Gasteiger partial charge is 0.238 e. The fraction of sp³-hybridized carbons (Fsp3) is 0.316. The number of primary sulfonamides is 1. The zero-order valence-electron chi connectivity index (χ0n) is 16.0. The van der Waals surface area contributed by atoms with E-state index in [0.717, 1.165) is 52.9 Å². The molecular weight excluding hydrogens is 424 g/mol. The van der Waals surface area contributed by atoms with Crippen molar-refractivity contribution in [2.45, 2.75) is 17.7 Å². The summed E-state index contributed by atoms with van der Waals surface area (Å²) >= 11 is 1.65. The van der Waals surface area contributed by atoms with Gasteiger partial charge in [-0.05, 0) is 36.6 Å². The number of benzene rings is 1. The summed E-state index contributed by atoms with van der Waals surface area (Å²) in [7, 11) is -3.78. The van der Waals surface area contributed by atoms with E-state index in [1.807, 2.05) is 6.20 Å². The fourth-order valence-electron chi connectivity index (χ4n) is 3.56. The number of nitrogens with zero attached hydrogens (tertiary/aromatic N) is 4. The molecule has 1 aromatic carbocycles. The van der Waals surface area contributed by atoms with Gasteiger partial charge in [0.15, 0.2) is 5.13 Å². The normalized spacial score (nSPS) is 16.1. The third-order valence-electron chi connectivity index (χ3n) is 5.10. The largest absolute Gasteiger partial charge is 0.378 e. The Morgan fingerprint density at radius 2 is 2.00 bits per heavy atom. The maximum absolute atomic E-state index is 11.6. The fourth-order valence-corrected chi connectivity index (χ4v) is 5.31. The van der Waals surface area contributed by atoms with Gasteiger partial charge < -0.3 is 15.0 Å². The number of rotatable bonds is 4. The van der Waals surface area contributed by atoms with Crippen molar-refractivity contribution in [2.24, 2.45) is 5.14 Å². The summed E-state index contributed by atoms with van der Waals surface area (Å²) in [5.74, 6) is 0.398. The Hall–Kier alpha value is -2.60. The van der Waals surface area contributed by atoms with E-state index in [9.17, 15) is 8.42 Å². The summed E-state index contributed by atoms with van der Waals surface area (Å²) < 4.78 is 28.6. The van der Waals surface area contributed by atoms with Crippen molar-refractivity contribution in [1.29, 1.82) is 0 Å². The number of aryl methyl sites for hydroxylation is 2. The Kier molecular flexibility index (Phi) is 4.89. The van der Waals surface area contributed by atoms with Crippen LogP contribution in [0.1, 0.15) is 11.3 Å². The van der Waals surface area contributed by atoms with Gasteiger partial charge in [0.1, 0.15) is 0 Å². The van der Waals surface area contributed by atoms with Crippen molar-refractivity contribution in [3.05, 3.63) is 41.7 Å². The van der Waals surface area contributed by atoms with Crippen molar-refractivity contribution < 1.29 is 13.2 Å². The molecule has 1 fully saturated rings. The lowest BCUT2D eigenvalue weighted by atomic mass is 10.00. The number of fused-ring (bicyclic) bond motifs is 3. The van der Waals surface area contributed by atoms with Crippen LogP contribution >= 0.6 is 11.3 Å². The Balaban J connectivity index is 1.45. The molecule has 1 aliphatic carbocycles. The third kappa shape index (κ3) is 3.76. The molecule has 11 heteroatoms. The number of morpholine rings is 1. The molecule has 1 saturated heterocycles. The number of hydrogen-bond donors (Lipinski definition) is 2. The van der Waals surface area contributed by atoms with Gasteiger partial charge in [0.25, 0.3) is 0 Å². The molecule has 1 aliphatic heterocycles. The molecule has 3 aromatic rings. The number of anilines is 3. The summed E-state index contributed by atoms with van der Waals surface area (Å²) in [6, 6.07) is 6.28. The maximum atomic E-state index is 11.6. The average molecular weight is 445 g/mol. The highest BCUT2D eigenvalue weighted by Crippen LogP contribution is 2.40. The van der Waals surface area contributed by atoms with Gasteiger partial charge >= 0.3 is 0 Å². The summed E-state index contributed by atoms with van der Waals surface area (Å²) in [5, 5.41) is 9.31. The first-order valence-electron chi connectivity index (χ1n) is 9.56. The van der Waals surface area contributed by atoms with E-state index in [4.69, 9.17) is 19.8 Å². The Morgan fingerprint density at radius 3 is 2.80 bits per heavy atom. The van der Waals surface area contributed by atoms with E-state index in [-0.39, 0.29) is 4.90 Å². The number of thiazole rings is 1. The van der Waals surface area contributed by atoms with E-state index in [1.165, 1.54) is 12.1 Å². The Morgan fingerprint density at radius 1 is 1.17 bits per heavy atom. The standard InChI is InChI=1S/C19H20N6O3S2/c20-30(26,27)14-3-1-2-13(10-14)22-18-21-11-12-4-5-15-17(16(12)24-18)29-19(23-15)25-6-8-28-9-7-25/h1-3,10-11H,4-9H2,(H2,20,26,27)(H,21,22,24). The molecule has 0 atom stereocenters. The molecule has 30 heavy (non-hydrogen) atoms. The van der Waals surface area contributed by atoms with Crippen LogP contribution in [0.25, 0.3) is 10.6 Å². The molecule has 0 unspecified atom stereocenters. The van der Waals surface area contributed by atoms with E-state index in [1.54, 1.807) is 23.5 Å². The van der Waals surface area contributed by atoms with Crippen LogP contribution in [0.15, 0.2) is 35.4 Å². The zero-order valence-corrected chi connectivity index (χ0v) is 17.7. The molecule has 5 rings (SSSR count). The van der Waals surface area contributed by atoms with Crippen LogP contribution in [0, 0.1) is 0 Å². The van der Waals surface area contributed by atoms with E-state index >= 15 is 0 Å². The van der Waals surface area contributed by atoms with E-state index < -0.39 is 10.0 Å². The van der Waals surface area contributed by atoms with E-state index in [0.29, 0.717) is 24.8 Å². The third-order valence-corrected chi connectivity index (χ3v) is 7.17. The zero-order chi connectivity index (χ0) is 20.7. The van der Waals surface area contributed by atoms with Gasteiger partial charge in [-0.3, -0.25) is 0 Å². The van der Waals surface area contributed by atoms with Gasteiger partial charge in [-0.2, -0.15) is 0 Å². The van der Waals surface area contributed by atoms with Crippen molar-refractivity contribution in [3.8, 4) is 10.6 Å². The van der Waals surface area contributed by atoms with Crippen LogP contribution in [0.5, 0.6) is 0 Å². The summed E-state index contributed by atoms with van der Waals surface area (Å²) in [6.07, 6.45) is 3.54. The minimum atomic E-state index is -3.78. The van der Waals surface area contributed by atoms with Crippen LogP contribution in [0.4, 0.5) is 16.8 Å². The van der Waals surface area contributed by atoms with Gasteiger partial charge in [0.05, 0.1) is 34.4 Å². The number of nitrogens with one attached hydrogen (secondary N) is 1. The van der Waals surface area contributed by atoms with Gasteiger partial charge in [-0.1, -0.05) is 17.4 Å². The van der Waals surface area contributed by atoms with Crippen molar-refractivity contribution in [2.75, 3.05) is 36.5 Å². The first-order chi connectivity index (χ1) is 14.5. The second-order valence-electron chi connectivity index (χ2n) is 7.14. The molecule has 3 N–H and O–H groups in total. The second-order valence-corrected chi connectivity index (χ2v) is 9.68. The molecule has 156 valence electrons. The van der Waals surface area contributed by atoms with Crippen LogP contribution in [-0.2, 0) is 27.6 Å². The minimum absolute atomic E-state index is 0.0327. The number of ether oxygens (including phenoxy) is 1.